The Balaban J connectivity index is 1.63. The Morgan fingerprint density at radius 2 is 0.964 bits per heavy atom. The Morgan fingerprint density at radius 1 is 0.643 bits per heavy atom. The molecule has 0 radical (unpaired) electrons. The average molecular weight is 374 g/mol. The zero-order valence-corrected chi connectivity index (χ0v) is 15.4. The van der Waals surface area contributed by atoms with Gasteiger partial charge in [0.15, 0.2) is 0 Å². The van der Waals surface area contributed by atoms with Gasteiger partial charge in [-0.25, -0.2) is 0 Å². The summed E-state index contributed by atoms with van der Waals surface area (Å²) in [5.41, 5.74) is 3.77. The van der Waals surface area contributed by atoms with Crippen molar-refractivity contribution in [1.82, 2.24) is 0 Å². The zero-order chi connectivity index (χ0) is 19.9. The lowest BCUT2D eigenvalue weighted by Crippen LogP contribution is -2.07. The molecule has 28 heavy (non-hydrogen) atoms. The number of hydrogen-bond acceptors (Lipinski definition) is 7. The SMILES string of the molecule is CN(C)c1ccc(N=Nc2ccc(N=Nc3ccc([N+](=O)[O-])cc3)cc2)cc1. The van der Waals surface area contributed by atoms with Crippen LogP contribution in [-0.4, -0.2) is 19.0 Å². The van der Waals surface area contributed by atoms with Crippen LogP contribution in [0.2, 0.25) is 0 Å². The molecule has 0 fully saturated rings. The summed E-state index contributed by atoms with van der Waals surface area (Å²) >= 11 is 0. The van der Waals surface area contributed by atoms with Crippen molar-refractivity contribution in [2.45, 2.75) is 0 Å². The lowest BCUT2D eigenvalue weighted by atomic mass is 10.3. The minimum absolute atomic E-state index is 0.0185. The van der Waals surface area contributed by atoms with Crippen molar-refractivity contribution in [2.24, 2.45) is 20.5 Å². The number of azo groups is 2. The Morgan fingerprint density at radius 3 is 1.29 bits per heavy atom. The van der Waals surface area contributed by atoms with Crippen LogP contribution in [0.5, 0.6) is 0 Å². The summed E-state index contributed by atoms with van der Waals surface area (Å²) in [7, 11) is 3.97. The third kappa shape index (κ3) is 5.04. The molecule has 0 spiro atoms. The van der Waals surface area contributed by atoms with Gasteiger partial charge < -0.3 is 4.90 Å². The number of nitro benzene ring substituents is 1. The van der Waals surface area contributed by atoms with Crippen molar-refractivity contribution in [1.29, 1.82) is 0 Å². The maximum Gasteiger partial charge on any atom is 0.269 e. The van der Waals surface area contributed by atoms with Crippen LogP contribution in [0.1, 0.15) is 0 Å². The van der Waals surface area contributed by atoms with Crippen molar-refractivity contribution < 1.29 is 4.92 Å². The van der Waals surface area contributed by atoms with Crippen molar-refractivity contribution in [3.63, 3.8) is 0 Å². The molecule has 8 heteroatoms. The van der Waals surface area contributed by atoms with Crippen molar-refractivity contribution in [3.8, 4) is 0 Å². The van der Waals surface area contributed by atoms with E-state index in [1.165, 1.54) is 12.1 Å². The number of nitrogens with zero attached hydrogens (tertiary/aromatic N) is 6. The number of nitro groups is 1. The second-order valence-electron chi connectivity index (χ2n) is 6.10. The predicted octanol–water partition coefficient (Wildman–Crippen LogP) is 6.49. The molecular formula is C20H18N6O2. The topological polar surface area (TPSA) is 95.8 Å². The maximum absolute atomic E-state index is 10.6. The Bertz CT molecular complexity index is 994. The molecule has 0 bridgehead atoms. The van der Waals surface area contributed by atoms with E-state index in [0.29, 0.717) is 17.1 Å². The molecule has 3 aromatic carbocycles. The van der Waals surface area contributed by atoms with Gasteiger partial charge in [-0.15, -0.1) is 0 Å². The second-order valence-corrected chi connectivity index (χ2v) is 6.10. The van der Waals surface area contributed by atoms with Crippen LogP contribution in [0.3, 0.4) is 0 Å². The first-order valence-electron chi connectivity index (χ1n) is 8.47. The largest absolute Gasteiger partial charge is 0.378 e. The van der Waals surface area contributed by atoms with Crippen LogP contribution in [0, 0.1) is 10.1 Å². The summed E-state index contributed by atoms with van der Waals surface area (Å²) in [4.78, 5) is 12.2. The smallest absolute Gasteiger partial charge is 0.269 e. The van der Waals surface area contributed by atoms with E-state index in [-0.39, 0.29) is 5.69 Å². The number of benzene rings is 3. The second kappa shape index (κ2) is 8.63. The number of anilines is 1. The summed E-state index contributed by atoms with van der Waals surface area (Å²) in [6.45, 7) is 0. The van der Waals surface area contributed by atoms with Gasteiger partial charge in [-0.3, -0.25) is 10.1 Å². The third-order valence-corrected chi connectivity index (χ3v) is 3.84. The lowest BCUT2D eigenvalue weighted by molar-refractivity contribution is -0.384. The van der Waals surface area contributed by atoms with Crippen molar-refractivity contribution >= 4 is 34.1 Å². The van der Waals surface area contributed by atoms with E-state index in [2.05, 4.69) is 20.5 Å². The molecule has 0 saturated carbocycles. The molecule has 0 aromatic heterocycles. The summed E-state index contributed by atoms with van der Waals surface area (Å²) in [5.74, 6) is 0. The zero-order valence-electron chi connectivity index (χ0n) is 15.4. The molecule has 0 saturated heterocycles. The highest BCUT2D eigenvalue weighted by molar-refractivity contribution is 5.52. The Hall–Kier alpha value is -3.94. The fourth-order valence-electron chi connectivity index (χ4n) is 2.28. The van der Waals surface area contributed by atoms with Crippen LogP contribution in [0.15, 0.2) is 93.3 Å². The fourth-order valence-corrected chi connectivity index (χ4v) is 2.28. The standard InChI is InChI=1S/C20H18N6O2/c1-25(2)19-11-7-17(8-12-19)23-21-15-3-5-16(6-4-15)22-24-18-9-13-20(14-10-18)26(27)28/h3-14H,1-2H3. The molecule has 0 amide bonds. The molecule has 0 N–H and O–H groups in total. The van der Waals surface area contributed by atoms with Gasteiger partial charge in [-0.1, -0.05) is 0 Å². The Kier molecular flexibility index (Phi) is 5.81. The molecule has 140 valence electrons. The van der Waals surface area contributed by atoms with E-state index in [4.69, 9.17) is 0 Å². The molecule has 0 unspecified atom stereocenters. The molecule has 3 aromatic rings. The normalized spacial score (nSPS) is 11.2. The number of non-ortho nitro benzene ring substituents is 1. The van der Waals surface area contributed by atoms with E-state index in [9.17, 15) is 10.1 Å². The Labute approximate surface area is 162 Å². The molecule has 0 atom stereocenters. The van der Waals surface area contributed by atoms with Gasteiger partial charge in [0, 0.05) is 31.9 Å². The van der Waals surface area contributed by atoms with Gasteiger partial charge in [0.05, 0.1) is 27.7 Å². The van der Waals surface area contributed by atoms with Crippen molar-refractivity contribution in [2.75, 3.05) is 19.0 Å². The van der Waals surface area contributed by atoms with Crippen molar-refractivity contribution in [3.05, 3.63) is 82.9 Å². The molecule has 8 nitrogen and oxygen atoms in total. The van der Waals surface area contributed by atoms with Gasteiger partial charge in [0.1, 0.15) is 0 Å². The summed E-state index contributed by atoms with van der Waals surface area (Å²) in [6, 6.07) is 20.8. The van der Waals surface area contributed by atoms with Crippen LogP contribution in [-0.2, 0) is 0 Å². The van der Waals surface area contributed by atoms with Gasteiger partial charge in [0.2, 0.25) is 0 Å². The van der Waals surface area contributed by atoms with Gasteiger partial charge in [0.25, 0.3) is 5.69 Å². The summed E-state index contributed by atoms with van der Waals surface area (Å²) in [5, 5.41) is 27.3. The average Bonchev–Trinajstić information content (AvgIpc) is 2.72. The van der Waals surface area contributed by atoms with E-state index < -0.39 is 4.92 Å². The minimum atomic E-state index is -0.454. The number of rotatable bonds is 6. The van der Waals surface area contributed by atoms with Crippen LogP contribution in [0.4, 0.5) is 34.1 Å². The monoisotopic (exact) mass is 374 g/mol. The van der Waals surface area contributed by atoms with Crippen LogP contribution in [0.25, 0.3) is 0 Å². The van der Waals surface area contributed by atoms with E-state index >= 15 is 0 Å². The van der Waals surface area contributed by atoms with Crippen LogP contribution < -0.4 is 4.90 Å². The molecule has 0 aliphatic rings. The highest BCUT2D eigenvalue weighted by atomic mass is 16.6. The summed E-state index contributed by atoms with van der Waals surface area (Å²) < 4.78 is 0. The number of hydrogen-bond donors (Lipinski definition) is 0. The molecule has 0 aliphatic heterocycles. The van der Waals surface area contributed by atoms with E-state index in [1.54, 1.807) is 36.4 Å². The first-order chi connectivity index (χ1) is 13.5. The molecule has 3 rings (SSSR count). The van der Waals surface area contributed by atoms with Gasteiger partial charge >= 0.3 is 0 Å². The lowest BCUT2D eigenvalue weighted by Gasteiger charge is -2.11. The van der Waals surface area contributed by atoms with E-state index in [0.717, 1.165) is 11.4 Å². The quantitative estimate of drug-likeness (QED) is 0.280. The first-order valence-corrected chi connectivity index (χ1v) is 8.47. The van der Waals surface area contributed by atoms with Gasteiger partial charge in [-0.05, 0) is 60.7 Å². The maximum atomic E-state index is 10.6. The highest BCUT2D eigenvalue weighted by Crippen LogP contribution is 2.25. The highest BCUT2D eigenvalue weighted by Gasteiger charge is 2.03. The first kappa shape index (κ1) is 18.8. The van der Waals surface area contributed by atoms with Crippen LogP contribution >= 0.6 is 0 Å². The minimum Gasteiger partial charge on any atom is -0.378 e. The molecule has 0 aliphatic carbocycles. The molecule has 0 heterocycles. The van der Waals surface area contributed by atoms with E-state index in [1.807, 2.05) is 43.3 Å². The van der Waals surface area contributed by atoms with Gasteiger partial charge in [-0.2, -0.15) is 20.5 Å². The third-order valence-electron chi connectivity index (χ3n) is 3.84. The summed E-state index contributed by atoms with van der Waals surface area (Å²) in [6.07, 6.45) is 0. The molecular weight excluding hydrogens is 356 g/mol. The fraction of sp³-hybridized carbons (Fsp3) is 0.100. The predicted molar refractivity (Wildman–Crippen MR) is 109 cm³/mol.